The van der Waals surface area contributed by atoms with Crippen LogP contribution in [0.5, 0.6) is 0 Å². The molecule has 0 bridgehead atoms. The zero-order valence-electron chi connectivity index (χ0n) is 11.1. The Labute approximate surface area is 107 Å². The Kier molecular flexibility index (Phi) is 3.97. The second-order valence-corrected chi connectivity index (χ2v) is 4.80. The fourth-order valence-corrected chi connectivity index (χ4v) is 1.73. The first kappa shape index (κ1) is 12.6. The first-order valence-corrected chi connectivity index (χ1v) is 6.30. The van der Waals surface area contributed by atoms with E-state index in [4.69, 9.17) is 4.52 Å². The molecule has 96 valence electrons. The summed E-state index contributed by atoms with van der Waals surface area (Å²) in [6, 6.07) is 8.01. The summed E-state index contributed by atoms with van der Waals surface area (Å²) < 4.78 is 5.22. The van der Waals surface area contributed by atoms with Crippen molar-refractivity contribution in [2.75, 3.05) is 11.9 Å². The zero-order chi connectivity index (χ0) is 13.0. The molecule has 0 saturated heterocycles. The number of nitrogens with zero attached hydrogens (tertiary/aromatic N) is 2. The molecule has 0 aliphatic rings. The summed E-state index contributed by atoms with van der Waals surface area (Å²) in [4.78, 5) is 4.27. The van der Waals surface area contributed by atoms with Crippen molar-refractivity contribution in [3.05, 3.63) is 30.1 Å². The van der Waals surface area contributed by atoms with Crippen molar-refractivity contribution in [1.82, 2.24) is 10.1 Å². The van der Waals surface area contributed by atoms with E-state index in [1.807, 2.05) is 31.2 Å². The number of aryl methyl sites for hydroxylation is 1. The number of nitrogens with one attached hydrogen (secondary N) is 1. The van der Waals surface area contributed by atoms with Crippen LogP contribution in [0.3, 0.4) is 0 Å². The molecule has 0 atom stereocenters. The van der Waals surface area contributed by atoms with E-state index in [1.54, 1.807) is 0 Å². The second kappa shape index (κ2) is 5.67. The average Bonchev–Trinajstić information content (AvgIpc) is 2.76. The van der Waals surface area contributed by atoms with Gasteiger partial charge < -0.3 is 9.84 Å². The molecule has 0 spiro atoms. The van der Waals surface area contributed by atoms with E-state index < -0.39 is 0 Å². The van der Waals surface area contributed by atoms with Crippen molar-refractivity contribution in [3.63, 3.8) is 0 Å². The summed E-state index contributed by atoms with van der Waals surface area (Å²) in [6.07, 6.45) is 1.14. The lowest BCUT2D eigenvalue weighted by atomic mass is 10.1. The van der Waals surface area contributed by atoms with Crippen LogP contribution in [0.2, 0.25) is 0 Å². The summed E-state index contributed by atoms with van der Waals surface area (Å²) in [5.41, 5.74) is 2.00. The van der Waals surface area contributed by atoms with E-state index in [-0.39, 0.29) is 0 Å². The molecule has 1 heterocycles. The number of aromatic nitrogens is 2. The topological polar surface area (TPSA) is 51.0 Å². The van der Waals surface area contributed by atoms with Gasteiger partial charge in [0.1, 0.15) is 0 Å². The molecular formula is C14H19N3O. The van der Waals surface area contributed by atoms with Gasteiger partial charge in [-0.25, -0.2) is 0 Å². The monoisotopic (exact) mass is 245 g/mol. The molecule has 1 aromatic carbocycles. The highest BCUT2D eigenvalue weighted by Crippen LogP contribution is 2.26. The van der Waals surface area contributed by atoms with Crippen LogP contribution < -0.4 is 5.32 Å². The smallest absolute Gasteiger partial charge is 0.260 e. The normalized spacial score (nSPS) is 10.9. The third kappa shape index (κ3) is 3.09. The lowest BCUT2D eigenvalue weighted by Crippen LogP contribution is -2.05. The molecular weight excluding hydrogens is 226 g/mol. The van der Waals surface area contributed by atoms with Crippen LogP contribution in [0.1, 0.15) is 26.1 Å². The minimum atomic E-state index is 0.570. The molecule has 0 aliphatic carbocycles. The van der Waals surface area contributed by atoms with E-state index in [2.05, 4.69) is 29.3 Å². The summed E-state index contributed by atoms with van der Waals surface area (Å²) in [5.74, 6) is 1.91. The van der Waals surface area contributed by atoms with Gasteiger partial charge in [-0.1, -0.05) is 31.1 Å². The molecule has 4 nitrogen and oxygen atoms in total. The van der Waals surface area contributed by atoms with E-state index in [1.165, 1.54) is 0 Å². The van der Waals surface area contributed by atoms with Gasteiger partial charge in [-0.05, 0) is 31.4 Å². The Morgan fingerprint density at radius 1 is 1.28 bits per heavy atom. The molecule has 0 amide bonds. The number of rotatable bonds is 5. The Balaban J connectivity index is 2.15. The number of para-hydroxylation sites is 1. The molecule has 1 N–H and O–H groups in total. The maximum atomic E-state index is 5.22. The van der Waals surface area contributed by atoms with E-state index in [0.717, 1.165) is 24.2 Å². The summed E-state index contributed by atoms with van der Waals surface area (Å²) in [6.45, 7) is 7.20. The van der Waals surface area contributed by atoms with Crippen molar-refractivity contribution in [3.8, 4) is 11.5 Å². The minimum absolute atomic E-state index is 0.570. The van der Waals surface area contributed by atoms with Crippen LogP contribution in [-0.4, -0.2) is 16.7 Å². The van der Waals surface area contributed by atoms with Crippen molar-refractivity contribution in [1.29, 1.82) is 0 Å². The molecule has 0 unspecified atom stereocenters. The van der Waals surface area contributed by atoms with Crippen LogP contribution in [0, 0.1) is 12.8 Å². The van der Waals surface area contributed by atoms with Gasteiger partial charge >= 0.3 is 0 Å². The second-order valence-electron chi connectivity index (χ2n) is 4.80. The van der Waals surface area contributed by atoms with Gasteiger partial charge in [0.05, 0.1) is 5.56 Å². The molecule has 0 fully saturated rings. The molecule has 0 saturated carbocycles. The van der Waals surface area contributed by atoms with Gasteiger partial charge in [-0.15, -0.1) is 0 Å². The fraction of sp³-hybridized carbons (Fsp3) is 0.429. The zero-order valence-corrected chi connectivity index (χ0v) is 11.1. The Morgan fingerprint density at radius 2 is 2.06 bits per heavy atom. The lowest BCUT2D eigenvalue weighted by Gasteiger charge is -2.10. The van der Waals surface area contributed by atoms with Gasteiger partial charge in [0.25, 0.3) is 5.89 Å². The Morgan fingerprint density at radius 3 is 2.72 bits per heavy atom. The van der Waals surface area contributed by atoms with Crippen molar-refractivity contribution >= 4 is 5.69 Å². The maximum Gasteiger partial charge on any atom is 0.260 e. The van der Waals surface area contributed by atoms with Crippen molar-refractivity contribution in [2.24, 2.45) is 5.92 Å². The standard InChI is InChI=1S/C14H19N3O/c1-10(2)8-9-15-13-7-5-4-6-12(13)14-16-11(3)17-18-14/h4-7,10,15H,8-9H2,1-3H3. The summed E-state index contributed by atoms with van der Waals surface area (Å²) in [5, 5.41) is 7.25. The van der Waals surface area contributed by atoms with Gasteiger partial charge in [0.15, 0.2) is 5.82 Å². The summed E-state index contributed by atoms with van der Waals surface area (Å²) >= 11 is 0. The molecule has 2 rings (SSSR count). The average molecular weight is 245 g/mol. The van der Waals surface area contributed by atoms with Gasteiger partial charge in [-0.2, -0.15) is 4.98 Å². The third-order valence-corrected chi connectivity index (χ3v) is 2.72. The predicted molar refractivity (Wildman–Crippen MR) is 72.4 cm³/mol. The van der Waals surface area contributed by atoms with Gasteiger partial charge in [0, 0.05) is 12.2 Å². The highest BCUT2D eigenvalue weighted by molar-refractivity contribution is 5.72. The Bertz CT molecular complexity index is 505. The van der Waals surface area contributed by atoms with E-state index in [9.17, 15) is 0 Å². The quantitative estimate of drug-likeness (QED) is 0.875. The first-order valence-electron chi connectivity index (χ1n) is 6.30. The highest BCUT2D eigenvalue weighted by atomic mass is 16.5. The largest absolute Gasteiger partial charge is 0.384 e. The van der Waals surface area contributed by atoms with Gasteiger partial charge in [0.2, 0.25) is 0 Å². The molecule has 0 aliphatic heterocycles. The third-order valence-electron chi connectivity index (χ3n) is 2.72. The minimum Gasteiger partial charge on any atom is -0.384 e. The number of hydrogen-bond donors (Lipinski definition) is 1. The lowest BCUT2D eigenvalue weighted by molar-refractivity contribution is 0.426. The highest BCUT2D eigenvalue weighted by Gasteiger charge is 2.10. The van der Waals surface area contributed by atoms with Crippen LogP contribution in [0.25, 0.3) is 11.5 Å². The molecule has 2 aromatic rings. The van der Waals surface area contributed by atoms with Crippen molar-refractivity contribution < 1.29 is 4.52 Å². The fourth-order valence-electron chi connectivity index (χ4n) is 1.73. The molecule has 1 aromatic heterocycles. The maximum absolute atomic E-state index is 5.22. The van der Waals surface area contributed by atoms with E-state index >= 15 is 0 Å². The molecule has 0 radical (unpaired) electrons. The number of hydrogen-bond acceptors (Lipinski definition) is 4. The van der Waals surface area contributed by atoms with Crippen LogP contribution in [-0.2, 0) is 0 Å². The number of anilines is 1. The predicted octanol–water partition coefficient (Wildman–Crippen LogP) is 3.50. The number of benzene rings is 1. The van der Waals surface area contributed by atoms with E-state index in [0.29, 0.717) is 17.6 Å². The van der Waals surface area contributed by atoms with Crippen molar-refractivity contribution in [2.45, 2.75) is 27.2 Å². The summed E-state index contributed by atoms with van der Waals surface area (Å²) in [7, 11) is 0. The first-order chi connectivity index (χ1) is 8.66. The molecule has 18 heavy (non-hydrogen) atoms. The van der Waals surface area contributed by atoms with Gasteiger partial charge in [-0.3, -0.25) is 0 Å². The van der Waals surface area contributed by atoms with Crippen LogP contribution >= 0.6 is 0 Å². The Hall–Kier alpha value is -1.84. The van der Waals surface area contributed by atoms with Crippen LogP contribution in [0.4, 0.5) is 5.69 Å². The van der Waals surface area contributed by atoms with Crippen LogP contribution in [0.15, 0.2) is 28.8 Å². The SMILES string of the molecule is Cc1noc(-c2ccccc2NCCC(C)C)n1. The molecule has 4 heteroatoms.